The number of carbonyl (C=O) groups excluding carboxylic acids is 2. The second-order valence-corrected chi connectivity index (χ2v) is 6.56. The van der Waals surface area contributed by atoms with Crippen molar-refractivity contribution in [3.05, 3.63) is 18.3 Å². The molecule has 2 heterocycles. The third-order valence-electron chi connectivity index (χ3n) is 4.42. The van der Waals surface area contributed by atoms with E-state index in [1.807, 2.05) is 6.92 Å². The molecule has 124 valence electrons. The zero-order valence-electron chi connectivity index (χ0n) is 13.4. The molecule has 1 aromatic heterocycles. The molecule has 6 nitrogen and oxygen atoms in total. The molecule has 23 heavy (non-hydrogen) atoms. The highest BCUT2D eigenvalue weighted by Gasteiger charge is 2.28. The number of rotatable bonds is 4. The topological polar surface area (TPSA) is 80.3 Å². The second kappa shape index (κ2) is 6.98. The van der Waals surface area contributed by atoms with Crippen LogP contribution in [0.25, 0.3) is 0 Å². The van der Waals surface area contributed by atoms with E-state index in [0.717, 1.165) is 12.8 Å². The maximum absolute atomic E-state index is 12.2. The third-order valence-corrected chi connectivity index (χ3v) is 4.42. The molecule has 2 fully saturated rings. The summed E-state index contributed by atoms with van der Waals surface area (Å²) in [6.07, 6.45) is 7.60. The minimum atomic E-state index is -0.472. The van der Waals surface area contributed by atoms with Crippen LogP contribution < -0.4 is 15.4 Å². The number of carbonyl (C=O) groups is 2. The summed E-state index contributed by atoms with van der Waals surface area (Å²) in [5.74, 6) is 0.549. The van der Waals surface area contributed by atoms with Crippen molar-refractivity contribution in [1.82, 2.24) is 10.3 Å². The summed E-state index contributed by atoms with van der Waals surface area (Å²) in [4.78, 5) is 28.0. The van der Waals surface area contributed by atoms with Crippen molar-refractivity contribution in [3.63, 3.8) is 0 Å². The average Bonchev–Trinajstić information content (AvgIpc) is 3.01. The lowest BCUT2D eigenvalue weighted by Gasteiger charge is -2.26. The standard InChI is InChI=1S/C17H23N3O3/c1-11-8-14(20-15(21)9-11)17(22)19-12-6-7-16(18-10-12)23-13-4-2-3-5-13/h6-7,10-11,13-14H,2-5,8-9H2,1H3,(H,19,22)(H,20,21)/t11-,14-/m0/s1. The Morgan fingerprint density at radius 2 is 2.13 bits per heavy atom. The van der Waals surface area contributed by atoms with E-state index in [1.165, 1.54) is 12.8 Å². The Kier molecular flexibility index (Phi) is 4.79. The molecule has 1 aromatic rings. The predicted molar refractivity (Wildman–Crippen MR) is 86.1 cm³/mol. The Bertz CT molecular complexity index is 567. The molecule has 1 aliphatic heterocycles. The second-order valence-electron chi connectivity index (χ2n) is 6.56. The number of pyridine rings is 1. The van der Waals surface area contributed by atoms with Crippen LogP contribution in [0.3, 0.4) is 0 Å². The van der Waals surface area contributed by atoms with Gasteiger partial charge < -0.3 is 15.4 Å². The number of ether oxygens (including phenoxy) is 1. The first kappa shape index (κ1) is 15.8. The van der Waals surface area contributed by atoms with Gasteiger partial charge in [0.15, 0.2) is 0 Å². The molecule has 2 amide bonds. The van der Waals surface area contributed by atoms with Crippen molar-refractivity contribution in [2.45, 2.75) is 57.6 Å². The number of anilines is 1. The highest BCUT2D eigenvalue weighted by atomic mass is 16.5. The van der Waals surface area contributed by atoms with Crippen LogP contribution in [-0.4, -0.2) is 28.9 Å². The zero-order chi connectivity index (χ0) is 16.2. The van der Waals surface area contributed by atoms with Crippen molar-refractivity contribution in [2.24, 2.45) is 5.92 Å². The molecular formula is C17H23N3O3. The smallest absolute Gasteiger partial charge is 0.247 e. The van der Waals surface area contributed by atoms with Crippen LogP contribution >= 0.6 is 0 Å². The number of aromatic nitrogens is 1. The van der Waals surface area contributed by atoms with Crippen molar-refractivity contribution in [3.8, 4) is 5.88 Å². The molecule has 0 aromatic carbocycles. The summed E-state index contributed by atoms with van der Waals surface area (Å²) in [6, 6.07) is 3.08. The Morgan fingerprint density at radius 3 is 2.78 bits per heavy atom. The molecule has 3 rings (SSSR count). The SMILES string of the molecule is C[C@@H]1CC(=O)N[C@H](C(=O)Nc2ccc(OC3CCCC3)nc2)C1. The summed E-state index contributed by atoms with van der Waals surface area (Å²) in [6.45, 7) is 1.98. The fraction of sp³-hybridized carbons (Fsp3) is 0.588. The van der Waals surface area contributed by atoms with E-state index >= 15 is 0 Å². The summed E-state index contributed by atoms with van der Waals surface area (Å²) in [7, 11) is 0. The van der Waals surface area contributed by atoms with Crippen LogP contribution in [0, 0.1) is 5.92 Å². The molecule has 2 N–H and O–H groups in total. The van der Waals surface area contributed by atoms with Gasteiger partial charge in [0, 0.05) is 12.5 Å². The van der Waals surface area contributed by atoms with E-state index in [9.17, 15) is 9.59 Å². The molecule has 1 saturated carbocycles. The fourth-order valence-electron chi connectivity index (χ4n) is 3.22. The van der Waals surface area contributed by atoms with Gasteiger partial charge in [0.05, 0.1) is 11.9 Å². The lowest BCUT2D eigenvalue weighted by atomic mass is 9.93. The van der Waals surface area contributed by atoms with Gasteiger partial charge in [0.1, 0.15) is 12.1 Å². The minimum absolute atomic E-state index is 0.0673. The number of hydrogen-bond acceptors (Lipinski definition) is 4. The molecule has 2 aliphatic rings. The Hall–Kier alpha value is -2.11. The van der Waals surface area contributed by atoms with Gasteiger partial charge >= 0.3 is 0 Å². The Morgan fingerprint density at radius 1 is 1.35 bits per heavy atom. The van der Waals surface area contributed by atoms with Crippen molar-refractivity contribution >= 4 is 17.5 Å². The van der Waals surface area contributed by atoms with Crippen LogP contribution in [-0.2, 0) is 9.59 Å². The van der Waals surface area contributed by atoms with E-state index in [2.05, 4.69) is 15.6 Å². The number of amides is 2. The van der Waals surface area contributed by atoms with Gasteiger partial charge in [-0.15, -0.1) is 0 Å². The summed E-state index contributed by atoms with van der Waals surface area (Å²) in [5, 5.41) is 5.53. The van der Waals surface area contributed by atoms with E-state index < -0.39 is 6.04 Å². The number of piperidine rings is 1. The van der Waals surface area contributed by atoms with Gasteiger partial charge in [-0.3, -0.25) is 9.59 Å². The fourth-order valence-corrected chi connectivity index (χ4v) is 3.22. The molecule has 1 saturated heterocycles. The zero-order valence-corrected chi connectivity index (χ0v) is 13.4. The van der Waals surface area contributed by atoms with Gasteiger partial charge in [-0.1, -0.05) is 6.92 Å². The first-order chi connectivity index (χ1) is 11.1. The molecule has 1 aliphatic carbocycles. The number of nitrogens with one attached hydrogen (secondary N) is 2. The first-order valence-electron chi connectivity index (χ1n) is 8.33. The predicted octanol–water partition coefficient (Wildman–Crippen LogP) is 2.26. The van der Waals surface area contributed by atoms with Gasteiger partial charge in [-0.25, -0.2) is 4.98 Å². The molecule has 0 bridgehead atoms. The van der Waals surface area contributed by atoms with Crippen molar-refractivity contribution in [1.29, 1.82) is 0 Å². The summed E-state index contributed by atoms with van der Waals surface area (Å²) < 4.78 is 5.80. The Balaban J connectivity index is 1.54. The van der Waals surface area contributed by atoms with Crippen LogP contribution in [0.1, 0.15) is 45.4 Å². The van der Waals surface area contributed by atoms with Crippen LogP contribution in [0.15, 0.2) is 18.3 Å². The maximum atomic E-state index is 12.2. The van der Waals surface area contributed by atoms with Gasteiger partial charge in [0.2, 0.25) is 17.7 Å². The first-order valence-corrected chi connectivity index (χ1v) is 8.33. The van der Waals surface area contributed by atoms with Gasteiger partial charge in [0.25, 0.3) is 0 Å². The lowest BCUT2D eigenvalue weighted by Crippen LogP contribution is -2.48. The van der Waals surface area contributed by atoms with E-state index in [4.69, 9.17) is 4.74 Å². The molecule has 0 unspecified atom stereocenters. The van der Waals surface area contributed by atoms with E-state index in [1.54, 1.807) is 18.3 Å². The van der Waals surface area contributed by atoms with Gasteiger partial charge in [-0.2, -0.15) is 0 Å². The number of nitrogens with zero attached hydrogens (tertiary/aromatic N) is 1. The monoisotopic (exact) mass is 317 g/mol. The van der Waals surface area contributed by atoms with Crippen molar-refractivity contribution in [2.75, 3.05) is 5.32 Å². The van der Waals surface area contributed by atoms with Crippen LogP contribution in [0.2, 0.25) is 0 Å². The maximum Gasteiger partial charge on any atom is 0.247 e. The Labute approximate surface area is 136 Å². The van der Waals surface area contributed by atoms with E-state index in [0.29, 0.717) is 24.4 Å². The highest BCUT2D eigenvalue weighted by molar-refractivity contribution is 5.97. The van der Waals surface area contributed by atoms with E-state index in [-0.39, 0.29) is 23.8 Å². The van der Waals surface area contributed by atoms with Crippen LogP contribution in [0.4, 0.5) is 5.69 Å². The summed E-state index contributed by atoms with van der Waals surface area (Å²) >= 11 is 0. The largest absolute Gasteiger partial charge is 0.474 e. The molecular weight excluding hydrogens is 294 g/mol. The lowest BCUT2D eigenvalue weighted by molar-refractivity contribution is -0.129. The molecule has 2 atom stereocenters. The van der Waals surface area contributed by atoms with Crippen molar-refractivity contribution < 1.29 is 14.3 Å². The highest BCUT2D eigenvalue weighted by Crippen LogP contribution is 2.23. The van der Waals surface area contributed by atoms with Crippen LogP contribution in [0.5, 0.6) is 5.88 Å². The third kappa shape index (κ3) is 4.21. The molecule has 0 spiro atoms. The quantitative estimate of drug-likeness (QED) is 0.892. The molecule has 6 heteroatoms. The minimum Gasteiger partial charge on any atom is -0.474 e. The average molecular weight is 317 g/mol. The number of hydrogen-bond donors (Lipinski definition) is 2. The molecule has 0 radical (unpaired) electrons. The van der Waals surface area contributed by atoms with Gasteiger partial charge in [-0.05, 0) is 44.1 Å². The normalized spacial score (nSPS) is 25.0. The summed E-state index contributed by atoms with van der Waals surface area (Å²) in [5.41, 5.74) is 0.612.